The van der Waals surface area contributed by atoms with E-state index in [1.807, 2.05) is 0 Å². The van der Waals surface area contributed by atoms with E-state index in [1.165, 1.54) is 6.07 Å². The maximum absolute atomic E-state index is 10.6. The quantitative estimate of drug-likeness (QED) is 0.534. The summed E-state index contributed by atoms with van der Waals surface area (Å²) in [6.07, 6.45) is 0. The molecule has 11 heavy (non-hydrogen) atoms. The van der Waals surface area contributed by atoms with Crippen LogP contribution in [-0.2, 0) is 0 Å². The van der Waals surface area contributed by atoms with Crippen LogP contribution in [0.3, 0.4) is 0 Å². The summed E-state index contributed by atoms with van der Waals surface area (Å²) in [5.74, 6) is -1.01. The minimum atomic E-state index is -0.558. The molecular formula is C6H3Cl2NaO2. The van der Waals surface area contributed by atoms with Gasteiger partial charge in [0.05, 0.1) is 5.02 Å². The van der Waals surface area contributed by atoms with Gasteiger partial charge in [-0.2, -0.15) is 0 Å². The van der Waals surface area contributed by atoms with Gasteiger partial charge in [0, 0.05) is 5.02 Å². The number of aromatic hydroxyl groups is 1. The van der Waals surface area contributed by atoms with Crippen molar-refractivity contribution in [1.82, 2.24) is 0 Å². The Morgan fingerprint density at radius 2 is 1.82 bits per heavy atom. The third kappa shape index (κ3) is 2.73. The zero-order valence-electron chi connectivity index (χ0n) is 5.77. The van der Waals surface area contributed by atoms with Crippen molar-refractivity contribution in [3.8, 4) is 11.5 Å². The summed E-state index contributed by atoms with van der Waals surface area (Å²) in [5.41, 5.74) is 0. The topological polar surface area (TPSA) is 43.3 Å². The number of rotatable bonds is 0. The summed E-state index contributed by atoms with van der Waals surface area (Å²) in [6, 6.07) is 2.41. The molecule has 0 spiro atoms. The summed E-state index contributed by atoms with van der Waals surface area (Å²) in [5, 5.41) is 19.7. The molecule has 0 unspecified atom stereocenters. The Bertz CT molecular complexity index is 242. The van der Waals surface area contributed by atoms with Crippen LogP contribution in [0.25, 0.3) is 0 Å². The molecule has 0 aliphatic rings. The minimum Gasteiger partial charge on any atom is -0.870 e. The van der Waals surface area contributed by atoms with Crippen molar-refractivity contribution in [2.45, 2.75) is 0 Å². The molecular weight excluding hydrogens is 198 g/mol. The Hall–Kier alpha value is 0.400. The van der Waals surface area contributed by atoms with Gasteiger partial charge in [-0.3, -0.25) is 0 Å². The maximum atomic E-state index is 10.6. The predicted octanol–water partition coefficient (Wildman–Crippen LogP) is -1.22. The Balaban J connectivity index is 0.000001000. The van der Waals surface area contributed by atoms with Crippen molar-refractivity contribution >= 4 is 23.2 Å². The fourth-order valence-electron chi connectivity index (χ4n) is 0.542. The molecule has 1 rings (SSSR count). The third-order valence-electron chi connectivity index (χ3n) is 0.993. The fraction of sp³-hybridized carbons (Fsp3) is 0. The van der Waals surface area contributed by atoms with Crippen LogP contribution in [0, 0.1) is 0 Å². The van der Waals surface area contributed by atoms with Gasteiger partial charge in [-0.25, -0.2) is 0 Å². The van der Waals surface area contributed by atoms with Gasteiger partial charge in [0.2, 0.25) is 0 Å². The first kappa shape index (κ1) is 11.4. The summed E-state index contributed by atoms with van der Waals surface area (Å²) in [7, 11) is 0. The second-order valence-electron chi connectivity index (χ2n) is 1.73. The zero-order valence-corrected chi connectivity index (χ0v) is 9.28. The molecule has 0 bridgehead atoms. The average molecular weight is 201 g/mol. The molecule has 1 N–H and O–H groups in total. The van der Waals surface area contributed by atoms with Gasteiger partial charge in [0.1, 0.15) is 5.75 Å². The van der Waals surface area contributed by atoms with Crippen LogP contribution in [0.2, 0.25) is 10.0 Å². The van der Waals surface area contributed by atoms with Crippen molar-refractivity contribution in [1.29, 1.82) is 0 Å². The number of phenols is 1. The Morgan fingerprint density at radius 3 is 2.27 bits per heavy atom. The first-order valence-electron chi connectivity index (χ1n) is 2.46. The molecule has 5 heteroatoms. The number of benzene rings is 1. The van der Waals surface area contributed by atoms with Gasteiger partial charge in [0.25, 0.3) is 0 Å². The van der Waals surface area contributed by atoms with Crippen molar-refractivity contribution in [3.63, 3.8) is 0 Å². The molecule has 1 aromatic rings. The van der Waals surface area contributed by atoms with Crippen LogP contribution in [0.15, 0.2) is 12.1 Å². The standard InChI is InChI=1S/C6H4Cl2O2.Na/c7-3-1-4(8)6(10)5(9)2-3;/h1-2,9-10H;/q;+1/p-1. The second-order valence-corrected chi connectivity index (χ2v) is 2.58. The minimum absolute atomic E-state index is 0. The SMILES string of the molecule is [Na+].[O-]c1cc(Cl)cc(Cl)c1O. The Morgan fingerprint density at radius 1 is 1.27 bits per heavy atom. The summed E-state index contributed by atoms with van der Waals surface area (Å²) < 4.78 is 0. The first-order valence-corrected chi connectivity index (χ1v) is 3.22. The van der Waals surface area contributed by atoms with E-state index < -0.39 is 11.5 Å². The molecule has 0 aliphatic carbocycles. The van der Waals surface area contributed by atoms with E-state index in [0.717, 1.165) is 6.07 Å². The Kier molecular flexibility index (Phi) is 4.59. The molecule has 0 aromatic heterocycles. The number of halogens is 2. The van der Waals surface area contributed by atoms with Gasteiger partial charge >= 0.3 is 29.6 Å². The van der Waals surface area contributed by atoms with Gasteiger partial charge in [-0.1, -0.05) is 29.0 Å². The fourth-order valence-corrected chi connectivity index (χ4v) is 1.02. The van der Waals surface area contributed by atoms with E-state index in [9.17, 15) is 5.11 Å². The van der Waals surface area contributed by atoms with Crippen LogP contribution in [0.5, 0.6) is 11.5 Å². The van der Waals surface area contributed by atoms with E-state index in [1.54, 1.807) is 0 Å². The van der Waals surface area contributed by atoms with Gasteiger partial charge < -0.3 is 10.2 Å². The van der Waals surface area contributed by atoms with Crippen LogP contribution in [-0.4, -0.2) is 5.11 Å². The molecule has 0 radical (unpaired) electrons. The molecule has 1 aromatic carbocycles. The van der Waals surface area contributed by atoms with Gasteiger partial charge in [0.15, 0.2) is 0 Å². The molecule has 0 saturated heterocycles. The molecule has 0 aliphatic heterocycles. The maximum Gasteiger partial charge on any atom is 1.00 e. The number of hydrogen-bond acceptors (Lipinski definition) is 2. The van der Waals surface area contributed by atoms with Crippen molar-refractivity contribution in [2.75, 3.05) is 0 Å². The molecule has 0 atom stereocenters. The number of phenolic OH excluding ortho intramolecular Hbond substituents is 1. The van der Waals surface area contributed by atoms with Gasteiger partial charge in [-0.05, 0) is 12.1 Å². The van der Waals surface area contributed by atoms with Crippen LogP contribution in [0.4, 0.5) is 0 Å². The predicted molar refractivity (Wildman–Crippen MR) is 37.6 cm³/mol. The van der Waals surface area contributed by atoms with Crippen molar-refractivity contribution < 1.29 is 39.8 Å². The summed E-state index contributed by atoms with van der Waals surface area (Å²) in [6.45, 7) is 0. The normalized spacial score (nSPS) is 8.91. The monoisotopic (exact) mass is 200 g/mol. The summed E-state index contributed by atoms with van der Waals surface area (Å²) >= 11 is 10.8. The van der Waals surface area contributed by atoms with Crippen LogP contribution >= 0.6 is 23.2 Å². The molecule has 54 valence electrons. The zero-order chi connectivity index (χ0) is 7.72. The Labute approximate surface area is 96.0 Å². The van der Waals surface area contributed by atoms with Crippen LogP contribution < -0.4 is 34.7 Å². The summed E-state index contributed by atoms with van der Waals surface area (Å²) in [4.78, 5) is 0. The van der Waals surface area contributed by atoms with E-state index in [2.05, 4.69) is 0 Å². The molecule has 2 nitrogen and oxygen atoms in total. The van der Waals surface area contributed by atoms with Crippen molar-refractivity contribution in [3.05, 3.63) is 22.2 Å². The second kappa shape index (κ2) is 4.43. The largest absolute Gasteiger partial charge is 1.00 e. The van der Waals surface area contributed by atoms with E-state index in [-0.39, 0.29) is 39.6 Å². The average Bonchev–Trinajstić information content (AvgIpc) is 1.82. The molecule has 0 heterocycles. The van der Waals surface area contributed by atoms with Crippen molar-refractivity contribution in [2.24, 2.45) is 0 Å². The van der Waals surface area contributed by atoms with E-state index in [4.69, 9.17) is 28.3 Å². The molecule has 0 saturated carbocycles. The van der Waals surface area contributed by atoms with Crippen LogP contribution in [0.1, 0.15) is 0 Å². The third-order valence-corrected chi connectivity index (χ3v) is 1.50. The number of hydrogen-bond donors (Lipinski definition) is 1. The smallest absolute Gasteiger partial charge is 0.870 e. The molecule has 0 fully saturated rings. The van der Waals surface area contributed by atoms with E-state index in [0.29, 0.717) is 0 Å². The first-order chi connectivity index (χ1) is 4.61. The van der Waals surface area contributed by atoms with E-state index >= 15 is 0 Å². The molecule has 0 amide bonds. The van der Waals surface area contributed by atoms with Gasteiger partial charge in [-0.15, -0.1) is 0 Å².